The van der Waals surface area contributed by atoms with E-state index in [9.17, 15) is 0 Å². The average Bonchev–Trinajstić information content (AvgIpc) is 3.59. The zero-order valence-corrected chi connectivity index (χ0v) is 23.6. The Kier molecular flexibility index (Phi) is 7.13. The Morgan fingerprint density at radius 1 is 0.850 bits per heavy atom. The van der Waals surface area contributed by atoms with Gasteiger partial charge < -0.3 is 18.5 Å². The van der Waals surface area contributed by atoms with E-state index in [0.29, 0.717) is 35.0 Å². The van der Waals surface area contributed by atoms with Gasteiger partial charge in [0.15, 0.2) is 16.7 Å². The first-order valence-corrected chi connectivity index (χ1v) is 14.1. The molecule has 0 aliphatic carbocycles. The van der Waals surface area contributed by atoms with Crippen LogP contribution in [0, 0.1) is 5.92 Å². The maximum atomic E-state index is 6.21. The summed E-state index contributed by atoms with van der Waals surface area (Å²) in [6.45, 7) is 5.31. The number of methoxy groups -OCH3 is 2. The Bertz CT molecular complexity index is 1810. The molecule has 0 saturated carbocycles. The molecular formula is C31H29N5O3S. The summed E-state index contributed by atoms with van der Waals surface area (Å²) in [4.78, 5) is 9.76. The van der Waals surface area contributed by atoms with Gasteiger partial charge in [0.2, 0.25) is 11.8 Å². The number of pyridine rings is 1. The molecule has 0 saturated heterocycles. The Morgan fingerprint density at radius 2 is 1.62 bits per heavy atom. The Balaban J connectivity index is 1.33. The summed E-state index contributed by atoms with van der Waals surface area (Å²) >= 11 is 1.61. The van der Waals surface area contributed by atoms with Crippen molar-refractivity contribution in [3.8, 4) is 34.2 Å². The van der Waals surface area contributed by atoms with Crippen molar-refractivity contribution in [3.05, 3.63) is 78.7 Å². The number of imidazole rings is 1. The molecule has 6 aromatic rings. The first-order chi connectivity index (χ1) is 19.5. The summed E-state index contributed by atoms with van der Waals surface area (Å²) in [5, 5.41) is 10.7. The van der Waals surface area contributed by atoms with Gasteiger partial charge in [-0.3, -0.25) is 0 Å². The van der Waals surface area contributed by atoms with Gasteiger partial charge in [-0.05, 0) is 48.4 Å². The summed E-state index contributed by atoms with van der Waals surface area (Å²) in [5.41, 5.74) is 5.45. The SMILES string of the molecule is COc1ccc(-c2cc(-c3nnc(CSc4nc5ccccc5n4CC(C)C)o3)c3ccccc3n2)cc1OC. The van der Waals surface area contributed by atoms with Crippen LogP contribution in [0.3, 0.4) is 0 Å². The van der Waals surface area contributed by atoms with Crippen LogP contribution >= 0.6 is 11.8 Å². The van der Waals surface area contributed by atoms with Crippen molar-refractivity contribution in [1.29, 1.82) is 0 Å². The second-order valence-corrected chi connectivity index (χ2v) is 10.8. The molecule has 6 rings (SSSR count). The highest BCUT2D eigenvalue weighted by Crippen LogP contribution is 2.36. The van der Waals surface area contributed by atoms with Gasteiger partial charge in [-0.25, -0.2) is 9.97 Å². The van der Waals surface area contributed by atoms with Crippen LogP contribution in [-0.2, 0) is 12.3 Å². The number of aromatic nitrogens is 5. The maximum absolute atomic E-state index is 6.21. The van der Waals surface area contributed by atoms with Crippen molar-refractivity contribution in [2.24, 2.45) is 5.92 Å². The van der Waals surface area contributed by atoms with Gasteiger partial charge in [0, 0.05) is 17.5 Å². The molecule has 0 aliphatic heterocycles. The van der Waals surface area contributed by atoms with Crippen molar-refractivity contribution in [1.82, 2.24) is 24.7 Å². The molecule has 0 aliphatic rings. The maximum Gasteiger partial charge on any atom is 0.248 e. The van der Waals surface area contributed by atoms with E-state index in [-0.39, 0.29) is 0 Å². The molecule has 3 aromatic carbocycles. The molecule has 3 heterocycles. The van der Waals surface area contributed by atoms with Crippen LogP contribution in [0.4, 0.5) is 0 Å². The summed E-state index contributed by atoms with van der Waals surface area (Å²) in [7, 11) is 3.24. The molecule has 40 heavy (non-hydrogen) atoms. The molecule has 0 fully saturated rings. The minimum absolute atomic E-state index is 0.451. The quantitative estimate of drug-likeness (QED) is 0.173. The summed E-state index contributed by atoms with van der Waals surface area (Å²) in [5.74, 6) is 3.29. The topological polar surface area (TPSA) is 88.1 Å². The van der Waals surface area contributed by atoms with E-state index in [1.54, 1.807) is 26.0 Å². The standard InChI is InChI=1S/C31H29N5O3S/c1-19(2)17-36-26-12-8-7-11-24(26)33-31(36)40-18-29-34-35-30(39-29)22-16-25(32-23-10-6-5-9-21(22)23)20-13-14-27(37-3)28(15-20)38-4/h5-16,19H,17-18H2,1-4H3. The van der Waals surface area contributed by atoms with Crippen LogP contribution in [-0.4, -0.2) is 39.0 Å². The smallest absolute Gasteiger partial charge is 0.248 e. The number of nitrogens with zero attached hydrogens (tertiary/aromatic N) is 5. The highest BCUT2D eigenvalue weighted by molar-refractivity contribution is 7.98. The Hall–Kier alpha value is -4.37. The van der Waals surface area contributed by atoms with E-state index in [2.05, 4.69) is 40.7 Å². The molecule has 8 nitrogen and oxygen atoms in total. The predicted octanol–water partition coefficient (Wildman–Crippen LogP) is 7.27. The van der Waals surface area contributed by atoms with Crippen LogP contribution in [0.2, 0.25) is 0 Å². The third kappa shape index (κ3) is 5.00. The minimum Gasteiger partial charge on any atom is -0.493 e. The predicted molar refractivity (Wildman–Crippen MR) is 158 cm³/mol. The van der Waals surface area contributed by atoms with Crippen LogP contribution in [0.25, 0.3) is 44.6 Å². The number of rotatable bonds is 9. The molecule has 0 atom stereocenters. The second-order valence-electron chi connectivity index (χ2n) is 9.82. The summed E-state index contributed by atoms with van der Waals surface area (Å²) < 4.78 is 19.4. The van der Waals surface area contributed by atoms with E-state index in [4.69, 9.17) is 23.9 Å². The molecule has 0 radical (unpaired) electrons. The van der Waals surface area contributed by atoms with Gasteiger partial charge in [-0.15, -0.1) is 10.2 Å². The zero-order valence-electron chi connectivity index (χ0n) is 22.8. The van der Waals surface area contributed by atoms with Gasteiger partial charge in [0.1, 0.15) is 0 Å². The first-order valence-electron chi connectivity index (χ1n) is 13.1. The lowest BCUT2D eigenvalue weighted by Gasteiger charge is -2.11. The van der Waals surface area contributed by atoms with Crippen molar-refractivity contribution in [2.45, 2.75) is 31.3 Å². The van der Waals surface area contributed by atoms with E-state index >= 15 is 0 Å². The lowest BCUT2D eigenvalue weighted by molar-refractivity contribution is 0.355. The average molecular weight is 552 g/mol. The van der Waals surface area contributed by atoms with Gasteiger partial charge >= 0.3 is 0 Å². The lowest BCUT2D eigenvalue weighted by atomic mass is 10.0. The number of para-hydroxylation sites is 3. The first kappa shape index (κ1) is 25.9. The Morgan fingerprint density at radius 3 is 2.42 bits per heavy atom. The van der Waals surface area contributed by atoms with E-state index in [1.807, 2.05) is 60.7 Å². The third-order valence-electron chi connectivity index (χ3n) is 6.58. The van der Waals surface area contributed by atoms with Gasteiger partial charge in [0.25, 0.3) is 0 Å². The highest BCUT2D eigenvalue weighted by Gasteiger charge is 2.18. The molecule has 0 spiro atoms. The molecule has 0 N–H and O–H groups in total. The van der Waals surface area contributed by atoms with Crippen LogP contribution < -0.4 is 9.47 Å². The Labute approximate surface area is 236 Å². The molecule has 202 valence electrons. The lowest BCUT2D eigenvalue weighted by Crippen LogP contribution is -2.05. The molecule has 9 heteroatoms. The summed E-state index contributed by atoms with van der Waals surface area (Å²) in [6, 6.07) is 23.9. The number of hydrogen-bond acceptors (Lipinski definition) is 8. The largest absolute Gasteiger partial charge is 0.493 e. The molecule has 0 bridgehead atoms. The van der Waals surface area contributed by atoms with E-state index < -0.39 is 0 Å². The van der Waals surface area contributed by atoms with Crippen LogP contribution in [0.5, 0.6) is 11.5 Å². The second kappa shape index (κ2) is 11.0. The fourth-order valence-corrected chi connectivity index (χ4v) is 5.61. The van der Waals surface area contributed by atoms with Gasteiger partial charge in [-0.2, -0.15) is 0 Å². The van der Waals surface area contributed by atoms with Crippen molar-refractivity contribution in [2.75, 3.05) is 14.2 Å². The van der Waals surface area contributed by atoms with Crippen LogP contribution in [0.15, 0.2) is 82.4 Å². The van der Waals surface area contributed by atoms with E-state index in [1.165, 1.54) is 0 Å². The minimum atomic E-state index is 0.451. The molecule has 3 aromatic heterocycles. The number of thioether (sulfide) groups is 1. The highest BCUT2D eigenvalue weighted by atomic mass is 32.2. The van der Waals surface area contributed by atoms with Crippen molar-refractivity contribution >= 4 is 33.7 Å². The van der Waals surface area contributed by atoms with Crippen LogP contribution in [0.1, 0.15) is 19.7 Å². The van der Waals surface area contributed by atoms with Gasteiger partial charge in [0.05, 0.1) is 47.8 Å². The number of benzene rings is 3. The zero-order chi connectivity index (χ0) is 27.6. The number of fused-ring (bicyclic) bond motifs is 2. The summed E-state index contributed by atoms with van der Waals surface area (Å²) in [6.07, 6.45) is 0. The molecule has 0 unspecified atom stereocenters. The normalized spacial score (nSPS) is 11.5. The molecule has 0 amide bonds. The van der Waals surface area contributed by atoms with Crippen molar-refractivity contribution < 1.29 is 13.9 Å². The van der Waals surface area contributed by atoms with Gasteiger partial charge in [-0.1, -0.05) is 55.9 Å². The fourth-order valence-electron chi connectivity index (χ4n) is 4.75. The third-order valence-corrected chi connectivity index (χ3v) is 7.55. The van der Waals surface area contributed by atoms with E-state index in [0.717, 1.165) is 50.5 Å². The number of ether oxygens (including phenoxy) is 2. The van der Waals surface area contributed by atoms with Crippen molar-refractivity contribution in [3.63, 3.8) is 0 Å². The fraction of sp³-hybridized carbons (Fsp3) is 0.226. The number of hydrogen-bond donors (Lipinski definition) is 0. The molecular weight excluding hydrogens is 522 g/mol. The monoisotopic (exact) mass is 551 g/mol.